The van der Waals surface area contributed by atoms with Gasteiger partial charge in [0.25, 0.3) is 5.91 Å². The lowest BCUT2D eigenvalue weighted by atomic mass is 9.98. The van der Waals surface area contributed by atoms with Crippen molar-refractivity contribution in [2.24, 2.45) is 0 Å². The molecule has 1 aliphatic heterocycles. The number of ether oxygens (including phenoxy) is 2. The van der Waals surface area contributed by atoms with Gasteiger partial charge in [-0.3, -0.25) is 9.59 Å². The summed E-state index contributed by atoms with van der Waals surface area (Å²) in [6.45, 7) is 0.626. The molecule has 1 aliphatic rings. The first-order valence-corrected chi connectivity index (χ1v) is 7.88. The highest BCUT2D eigenvalue weighted by Crippen LogP contribution is 2.22. The molecular formula is C17H23NO5. The van der Waals surface area contributed by atoms with Gasteiger partial charge in [-0.1, -0.05) is 6.07 Å². The van der Waals surface area contributed by atoms with Gasteiger partial charge in [0.15, 0.2) is 6.61 Å². The Hall–Kier alpha value is -2.24. The Balaban J connectivity index is 1.90. The second kappa shape index (κ2) is 8.41. The molecule has 2 rings (SSSR count). The fraction of sp³-hybridized carbons (Fsp3) is 0.529. The molecular weight excluding hydrogens is 298 g/mol. The van der Waals surface area contributed by atoms with E-state index in [9.17, 15) is 9.59 Å². The van der Waals surface area contributed by atoms with E-state index in [1.54, 1.807) is 36.3 Å². The van der Waals surface area contributed by atoms with Crippen molar-refractivity contribution < 1.29 is 24.2 Å². The van der Waals surface area contributed by atoms with Crippen molar-refractivity contribution in [1.29, 1.82) is 0 Å². The molecule has 1 amide bonds. The first-order valence-electron chi connectivity index (χ1n) is 7.88. The van der Waals surface area contributed by atoms with Gasteiger partial charge in [-0.2, -0.15) is 0 Å². The number of carbonyl (C=O) groups is 2. The van der Waals surface area contributed by atoms with E-state index in [2.05, 4.69) is 0 Å². The third-order valence-electron chi connectivity index (χ3n) is 4.04. The number of carboxylic acids is 1. The smallest absolute Gasteiger partial charge is 0.303 e. The van der Waals surface area contributed by atoms with Crippen LogP contribution in [0.4, 0.5) is 0 Å². The highest BCUT2D eigenvalue weighted by molar-refractivity contribution is 5.78. The number of hydrogen-bond donors (Lipinski definition) is 1. The summed E-state index contributed by atoms with van der Waals surface area (Å²) in [5.41, 5.74) is 0. The fourth-order valence-corrected chi connectivity index (χ4v) is 2.84. The van der Waals surface area contributed by atoms with E-state index < -0.39 is 5.97 Å². The van der Waals surface area contributed by atoms with E-state index in [0.717, 1.165) is 19.3 Å². The zero-order chi connectivity index (χ0) is 16.7. The molecule has 0 bridgehead atoms. The maximum Gasteiger partial charge on any atom is 0.303 e. The van der Waals surface area contributed by atoms with Gasteiger partial charge in [0.1, 0.15) is 11.5 Å². The molecule has 0 saturated carbocycles. The molecule has 1 fully saturated rings. The van der Waals surface area contributed by atoms with Crippen molar-refractivity contribution in [3.05, 3.63) is 24.3 Å². The van der Waals surface area contributed by atoms with Crippen LogP contribution in [0.5, 0.6) is 11.5 Å². The van der Waals surface area contributed by atoms with Crippen molar-refractivity contribution >= 4 is 11.9 Å². The summed E-state index contributed by atoms with van der Waals surface area (Å²) in [5, 5.41) is 8.83. The number of piperidine rings is 1. The van der Waals surface area contributed by atoms with Crippen LogP contribution in [-0.4, -0.2) is 48.2 Å². The third-order valence-corrected chi connectivity index (χ3v) is 4.04. The average molecular weight is 321 g/mol. The lowest BCUT2D eigenvalue weighted by molar-refractivity contribution is -0.141. The summed E-state index contributed by atoms with van der Waals surface area (Å²) in [7, 11) is 1.57. The van der Waals surface area contributed by atoms with Crippen LogP contribution in [-0.2, 0) is 9.59 Å². The molecule has 1 saturated heterocycles. The van der Waals surface area contributed by atoms with E-state index >= 15 is 0 Å². The van der Waals surface area contributed by atoms with E-state index in [-0.39, 0.29) is 25.0 Å². The number of hydrogen-bond acceptors (Lipinski definition) is 4. The molecule has 1 aromatic carbocycles. The molecule has 1 atom stereocenters. The van der Waals surface area contributed by atoms with Crippen molar-refractivity contribution in [2.75, 3.05) is 20.3 Å². The second-order valence-corrected chi connectivity index (χ2v) is 5.64. The molecule has 1 unspecified atom stereocenters. The van der Waals surface area contributed by atoms with Gasteiger partial charge < -0.3 is 19.5 Å². The fourth-order valence-electron chi connectivity index (χ4n) is 2.84. The predicted octanol–water partition coefficient (Wildman–Crippen LogP) is 2.32. The highest BCUT2D eigenvalue weighted by Gasteiger charge is 2.27. The minimum atomic E-state index is -0.824. The van der Waals surface area contributed by atoms with Crippen molar-refractivity contribution in [3.63, 3.8) is 0 Å². The maximum absolute atomic E-state index is 12.4. The predicted molar refractivity (Wildman–Crippen MR) is 84.7 cm³/mol. The molecule has 1 N–H and O–H groups in total. The van der Waals surface area contributed by atoms with Gasteiger partial charge in [-0.15, -0.1) is 0 Å². The standard InChI is InChI=1S/C17H23NO5/c1-22-14-6-4-7-15(11-14)23-12-16(19)18-10-3-2-5-13(18)8-9-17(20)21/h4,6-7,11,13H,2-3,5,8-10,12H2,1H3,(H,20,21). The number of benzene rings is 1. The molecule has 126 valence electrons. The normalized spacial score (nSPS) is 17.6. The number of likely N-dealkylation sites (tertiary alicyclic amines) is 1. The van der Waals surface area contributed by atoms with Gasteiger partial charge in [0, 0.05) is 25.1 Å². The van der Waals surface area contributed by atoms with Crippen molar-refractivity contribution in [2.45, 2.75) is 38.1 Å². The Bertz CT molecular complexity index is 546. The number of carbonyl (C=O) groups excluding carboxylic acids is 1. The van der Waals surface area contributed by atoms with E-state index in [0.29, 0.717) is 24.5 Å². The Labute approximate surface area is 136 Å². The number of amides is 1. The number of nitrogens with zero attached hydrogens (tertiary/aromatic N) is 1. The average Bonchev–Trinajstić information content (AvgIpc) is 2.58. The summed E-state index contributed by atoms with van der Waals surface area (Å²) >= 11 is 0. The van der Waals surface area contributed by atoms with Gasteiger partial charge in [0.2, 0.25) is 0 Å². The molecule has 1 heterocycles. The summed E-state index contributed by atoms with van der Waals surface area (Å²) in [4.78, 5) is 24.9. The Morgan fingerprint density at radius 3 is 2.83 bits per heavy atom. The maximum atomic E-state index is 12.4. The van der Waals surface area contributed by atoms with Gasteiger partial charge in [0.05, 0.1) is 7.11 Å². The summed E-state index contributed by atoms with van der Waals surface area (Å²) in [5.74, 6) is 0.336. The Morgan fingerprint density at radius 1 is 1.30 bits per heavy atom. The van der Waals surface area contributed by atoms with Crippen LogP contribution in [0.2, 0.25) is 0 Å². The van der Waals surface area contributed by atoms with Crippen LogP contribution in [0.15, 0.2) is 24.3 Å². The Morgan fingerprint density at radius 2 is 2.09 bits per heavy atom. The van der Waals surface area contributed by atoms with E-state index in [4.69, 9.17) is 14.6 Å². The zero-order valence-electron chi connectivity index (χ0n) is 13.4. The zero-order valence-corrected chi connectivity index (χ0v) is 13.4. The first-order chi connectivity index (χ1) is 11.1. The SMILES string of the molecule is COc1cccc(OCC(=O)N2CCCCC2CCC(=O)O)c1. The first kappa shape index (κ1) is 17.1. The van der Waals surface area contributed by atoms with Crippen LogP contribution in [0, 0.1) is 0 Å². The quantitative estimate of drug-likeness (QED) is 0.834. The lowest BCUT2D eigenvalue weighted by Gasteiger charge is -2.35. The number of aliphatic carboxylic acids is 1. The van der Waals surface area contributed by atoms with Crippen LogP contribution >= 0.6 is 0 Å². The lowest BCUT2D eigenvalue weighted by Crippen LogP contribution is -2.46. The number of rotatable bonds is 7. The van der Waals surface area contributed by atoms with Crippen molar-refractivity contribution in [1.82, 2.24) is 4.90 Å². The second-order valence-electron chi connectivity index (χ2n) is 5.64. The monoisotopic (exact) mass is 321 g/mol. The minimum Gasteiger partial charge on any atom is -0.497 e. The summed E-state index contributed by atoms with van der Waals surface area (Å²) in [6.07, 6.45) is 3.43. The molecule has 6 nitrogen and oxygen atoms in total. The molecule has 0 aromatic heterocycles. The topological polar surface area (TPSA) is 76.1 Å². The van der Waals surface area contributed by atoms with Crippen LogP contribution < -0.4 is 9.47 Å². The van der Waals surface area contributed by atoms with Crippen LogP contribution in [0.3, 0.4) is 0 Å². The van der Waals surface area contributed by atoms with Gasteiger partial charge in [-0.05, 0) is 37.8 Å². The highest BCUT2D eigenvalue weighted by atomic mass is 16.5. The largest absolute Gasteiger partial charge is 0.497 e. The van der Waals surface area contributed by atoms with E-state index in [1.807, 2.05) is 0 Å². The molecule has 1 aromatic rings. The minimum absolute atomic E-state index is 0.00117. The number of carboxylic acid groups (broad SMARTS) is 1. The molecule has 0 spiro atoms. The Kier molecular flexibility index (Phi) is 6.26. The van der Waals surface area contributed by atoms with Gasteiger partial charge in [-0.25, -0.2) is 0 Å². The molecule has 23 heavy (non-hydrogen) atoms. The van der Waals surface area contributed by atoms with Gasteiger partial charge >= 0.3 is 5.97 Å². The van der Waals surface area contributed by atoms with Crippen LogP contribution in [0.25, 0.3) is 0 Å². The number of methoxy groups -OCH3 is 1. The van der Waals surface area contributed by atoms with Crippen LogP contribution in [0.1, 0.15) is 32.1 Å². The van der Waals surface area contributed by atoms with E-state index in [1.165, 1.54) is 0 Å². The van der Waals surface area contributed by atoms with Crippen molar-refractivity contribution in [3.8, 4) is 11.5 Å². The molecule has 0 radical (unpaired) electrons. The molecule has 6 heteroatoms. The third kappa shape index (κ3) is 5.16. The summed E-state index contributed by atoms with van der Waals surface area (Å²) < 4.78 is 10.7. The molecule has 0 aliphatic carbocycles. The summed E-state index contributed by atoms with van der Waals surface area (Å²) in [6, 6.07) is 7.11.